The topological polar surface area (TPSA) is 18.5 Å². The molecule has 2 nitrogen and oxygen atoms in total. The van der Waals surface area contributed by atoms with Gasteiger partial charge in [0, 0.05) is 13.2 Å². The molecule has 1 heterocycles. The molecule has 0 aromatic carbocycles. The second-order valence-electron chi connectivity index (χ2n) is 6.55. The van der Waals surface area contributed by atoms with Crippen molar-refractivity contribution in [3.05, 3.63) is 24.8 Å². The average Bonchev–Trinajstić information content (AvgIpc) is 2.48. The summed E-state index contributed by atoms with van der Waals surface area (Å²) in [6.45, 7) is 14.1. The molecule has 1 rings (SSSR count). The van der Waals surface area contributed by atoms with Gasteiger partial charge in [-0.3, -0.25) is 0 Å². The fourth-order valence-electron chi connectivity index (χ4n) is 2.83. The van der Waals surface area contributed by atoms with Gasteiger partial charge in [0.05, 0.1) is 0 Å². The summed E-state index contributed by atoms with van der Waals surface area (Å²) in [5.74, 6) is 1.35. The molecule has 1 aliphatic rings. The van der Waals surface area contributed by atoms with E-state index >= 15 is 0 Å². The SMILES string of the molecule is C=CCCC(CCC(C)CCOC1CCCCO1)C(=C)C. The minimum absolute atomic E-state index is 0.0571. The van der Waals surface area contributed by atoms with E-state index in [1.807, 2.05) is 6.08 Å². The maximum Gasteiger partial charge on any atom is 0.157 e. The molecule has 0 amide bonds. The molecule has 21 heavy (non-hydrogen) atoms. The highest BCUT2D eigenvalue weighted by Crippen LogP contribution is 2.25. The molecule has 0 radical (unpaired) electrons. The van der Waals surface area contributed by atoms with Gasteiger partial charge in [-0.05, 0) is 63.7 Å². The Kier molecular flexibility index (Phi) is 9.69. The quantitative estimate of drug-likeness (QED) is 0.469. The van der Waals surface area contributed by atoms with Crippen molar-refractivity contribution in [2.75, 3.05) is 13.2 Å². The van der Waals surface area contributed by atoms with Gasteiger partial charge in [-0.2, -0.15) is 0 Å². The van der Waals surface area contributed by atoms with Crippen LogP contribution in [0.1, 0.15) is 65.2 Å². The van der Waals surface area contributed by atoms with Crippen molar-refractivity contribution in [1.82, 2.24) is 0 Å². The van der Waals surface area contributed by atoms with E-state index in [0.717, 1.165) is 32.5 Å². The Labute approximate surface area is 131 Å². The van der Waals surface area contributed by atoms with Crippen LogP contribution in [0.5, 0.6) is 0 Å². The molecule has 0 spiro atoms. The van der Waals surface area contributed by atoms with Crippen LogP contribution in [0.25, 0.3) is 0 Å². The van der Waals surface area contributed by atoms with Gasteiger partial charge in [-0.25, -0.2) is 0 Å². The molecule has 3 atom stereocenters. The minimum atomic E-state index is 0.0571. The molecule has 0 aromatic heterocycles. The van der Waals surface area contributed by atoms with Gasteiger partial charge in [0.25, 0.3) is 0 Å². The van der Waals surface area contributed by atoms with Crippen LogP contribution in [-0.4, -0.2) is 19.5 Å². The maximum atomic E-state index is 5.82. The van der Waals surface area contributed by atoms with Crippen molar-refractivity contribution >= 4 is 0 Å². The lowest BCUT2D eigenvalue weighted by molar-refractivity contribution is -0.164. The maximum absolute atomic E-state index is 5.82. The zero-order valence-corrected chi connectivity index (χ0v) is 14.1. The first-order chi connectivity index (χ1) is 10.1. The molecule has 0 aliphatic carbocycles. The first kappa shape index (κ1) is 18.4. The largest absolute Gasteiger partial charge is 0.353 e. The van der Waals surface area contributed by atoms with Gasteiger partial charge in [0.15, 0.2) is 6.29 Å². The van der Waals surface area contributed by atoms with E-state index in [1.54, 1.807) is 0 Å². The predicted octanol–water partition coefficient (Wildman–Crippen LogP) is 5.49. The van der Waals surface area contributed by atoms with Crippen LogP contribution in [0.2, 0.25) is 0 Å². The van der Waals surface area contributed by atoms with Crippen LogP contribution in [0.3, 0.4) is 0 Å². The van der Waals surface area contributed by atoms with Crippen molar-refractivity contribution in [2.24, 2.45) is 11.8 Å². The number of hydrogen-bond acceptors (Lipinski definition) is 2. The molecule has 1 saturated heterocycles. The summed E-state index contributed by atoms with van der Waals surface area (Å²) in [5.41, 5.74) is 1.32. The molecule has 0 saturated carbocycles. The molecule has 0 bridgehead atoms. The molecule has 0 aromatic rings. The van der Waals surface area contributed by atoms with E-state index in [0.29, 0.717) is 11.8 Å². The third-order valence-electron chi connectivity index (χ3n) is 4.48. The molecule has 2 heteroatoms. The van der Waals surface area contributed by atoms with E-state index in [9.17, 15) is 0 Å². The second kappa shape index (κ2) is 11.0. The normalized spacial score (nSPS) is 21.7. The molecule has 0 N–H and O–H groups in total. The molecular weight excluding hydrogens is 260 g/mol. The summed E-state index contributed by atoms with van der Waals surface area (Å²) in [7, 11) is 0. The Morgan fingerprint density at radius 2 is 2.10 bits per heavy atom. The van der Waals surface area contributed by atoms with E-state index in [2.05, 4.69) is 27.0 Å². The molecule has 1 aliphatic heterocycles. The van der Waals surface area contributed by atoms with Gasteiger partial charge in [0.1, 0.15) is 0 Å². The van der Waals surface area contributed by atoms with Crippen LogP contribution in [-0.2, 0) is 9.47 Å². The fourth-order valence-corrected chi connectivity index (χ4v) is 2.83. The van der Waals surface area contributed by atoms with Crippen LogP contribution < -0.4 is 0 Å². The lowest BCUT2D eigenvalue weighted by Gasteiger charge is -2.24. The third-order valence-corrected chi connectivity index (χ3v) is 4.48. The van der Waals surface area contributed by atoms with Gasteiger partial charge in [0.2, 0.25) is 0 Å². The highest BCUT2D eigenvalue weighted by molar-refractivity contribution is 4.96. The Morgan fingerprint density at radius 1 is 1.29 bits per heavy atom. The van der Waals surface area contributed by atoms with Gasteiger partial charge >= 0.3 is 0 Å². The van der Waals surface area contributed by atoms with Crippen LogP contribution in [0.4, 0.5) is 0 Å². The van der Waals surface area contributed by atoms with Crippen molar-refractivity contribution in [1.29, 1.82) is 0 Å². The van der Waals surface area contributed by atoms with Gasteiger partial charge < -0.3 is 9.47 Å². The number of rotatable bonds is 11. The molecule has 122 valence electrons. The third kappa shape index (κ3) is 8.43. The Hall–Kier alpha value is -0.600. The summed E-state index contributed by atoms with van der Waals surface area (Å²) >= 11 is 0. The lowest BCUT2D eigenvalue weighted by atomic mass is 9.88. The van der Waals surface area contributed by atoms with Gasteiger partial charge in [-0.1, -0.05) is 31.6 Å². The van der Waals surface area contributed by atoms with E-state index in [1.165, 1.54) is 37.7 Å². The van der Waals surface area contributed by atoms with Crippen molar-refractivity contribution in [2.45, 2.75) is 71.5 Å². The Bertz CT molecular complexity index is 292. The lowest BCUT2D eigenvalue weighted by Crippen LogP contribution is -2.23. The highest BCUT2D eigenvalue weighted by atomic mass is 16.7. The monoisotopic (exact) mass is 294 g/mol. The van der Waals surface area contributed by atoms with E-state index in [-0.39, 0.29) is 6.29 Å². The van der Waals surface area contributed by atoms with Crippen molar-refractivity contribution in [3.63, 3.8) is 0 Å². The second-order valence-corrected chi connectivity index (χ2v) is 6.55. The molecular formula is C19H34O2. The summed E-state index contributed by atoms with van der Waals surface area (Å²) < 4.78 is 11.4. The summed E-state index contributed by atoms with van der Waals surface area (Å²) in [5, 5.41) is 0. The summed E-state index contributed by atoms with van der Waals surface area (Å²) in [6.07, 6.45) is 11.5. The zero-order chi connectivity index (χ0) is 15.5. The fraction of sp³-hybridized carbons (Fsp3) is 0.789. The van der Waals surface area contributed by atoms with E-state index in [4.69, 9.17) is 9.47 Å². The Balaban J connectivity index is 2.12. The van der Waals surface area contributed by atoms with Crippen LogP contribution >= 0.6 is 0 Å². The van der Waals surface area contributed by atoms with Gasteiger partial charge in [-0.15, -0.1) is 6.58 Å². The Morgan fingerprint density at radius 3 is 2.71 bits per heavy atom. The first-order valence-electron chi connectivity index (χ1n) is 8.63. The average molecular weight is 294 g/mol. The van der Waals surface area contributed by atoms with Crippen molar-refractivity contribution < 1.29 is 9.47 Å². The summed E-state index contributed by atoms with van der Waals surface area (Å²) in [4.78, 5) is 0. The number of allylic oxidation sites excluding steroid dienone is 2. The number of hydrogen-bond donors (Lipinski definition) is 0. The highest BCUT2D eigenvalue weighted by Gasteiger charge is 2.15. The minimum Gasteiger partial charge on any atom is -0.353 e. The predicted molar refractivity (Wildman–Crippen MR) is 90.3 cm³/mol. The molecule has 3 unspecified atom stereocenters. The number of ether oxygens (including phenoxy) is 2. The summed E-state index contributed by atoms with van der Waals surface area (Å²) in [6, 6.07) is 0. The van der Waals surface area contributed by atoms with Crippen LogP contribution in [0.15, 0.2) is 24.8 Å². The first-order valence-corrected chi connectivity index (χ1v) is 8.63. The van der Waals surface area contributed by atoms with Crippen molar-refractivity contribution in [3.8, 4) is 0 Å². The molecule has 1 fully saturated rings. The zero-order valence-electron chi connectivity index (χ0n) is 14.1. The van der Waals surface area contributed by atoms with E-state index < -0.39 is 0 Å². The smallest absolute Gasteiger partial charge is 0.157 e. The standard InChI is InChI=1S/C19H34O2/c1-5-6-9-18(16(2)3)12-11-17(4)13-15-21-19-10-7-8-14-20-19/h5,17-19H,1-2,6-15H2,3-4H3. The van der Waals surface area contributed by atoms with Crippen LogP contribution in [0, 0.1) is 11.8 Å².